The topological polar surface area (TPSA) is 72.9 Å². The normalized spacial score (nSPS) is 15.0. The number of aryl methyl sites for hydroxylation is 1. The molecule has 0 aromatic carbocycles. The van der Waals surface area contributed by atoms with E-state index in [-0.39, 0.29) is 5.69 Å². The van der Waals surface area contributed by atoms with Gasteiger partial charge in [-0.15, -0.1) is 0 Å². The van der Waals surface area contributed by atoms with Gasteiger partial charge in [-0.2, -0.15) is 10.2 Å². The first-order valence-electron chi connectivity index (χ1n) is 6.50. The van der Waals surface area contributed by atoms with E-state index in [9.17, 15) is 9.90 Å². The van der Waals surface area contributed by atoms with Crippen LogP contribution in [0.25, 0.3) is 5.69 Å². The summed E-state index contributed by atoms with van der Waals surface area (Å²) in [6.45, 7) is 0. The molecule has 19 heavy (non-hydrogen) atoms. The van der Waals surface area contributed by atoms with Gasteiger partial charge in [0.05, 0.1) is 12.4 Å². The Morgan fingerprint density at radius 1 is 1.32 bits per heavy atom. The van der Waals surface area contributed by atoms with Crippen molar-refractivity contribution in [3.8, 4) is 5.69 Å². The number of rotatable bonds is 2. The molecule has 0 atom stereocenters. The molecule has 0 fully saturated rings. The molecule has 100 valence electrons. The number of nitrogens with zero attached hydrogens (tertiary/aromatic N) is 4. The molecule has 3 rings (SSSR count). The molecule has 0 unspecified atom stereocenters. The van der Waals surface area contributed by atoms with Crippen molar-refractivity contribution in [2.75, 3.05) is 0 Å². The highest BCUT2D eigenvalue weighted by atomic mass is 16.4. The van der Waals surface area contributed by atoms with Crippen molar-refractivity contribution in [1.82, 2.24) is 19.6 Å². The zero-order valence-corrected chi connectivity index (χ0v) is 10.8. The number of hydrogen-bond donors (Lipinski definition) is 1. The molecule has 2 aromatic rings. The van der Waals surface area contributed by atoms with Gasteiger partial charge in [-0.25, -0.2) is 9.48 Å². The Balaban J connectivity index is 2.16. The zero-order chi connectivity index (χ0) is 13.4. The third-order valence-electron chi connectivity index (χ3n) is 3.57. The number of aromatic carboxylic acids is 1. The van der Waals surface area contributed by atoms with Gasteiger partial charge < -0.3 is 5.11 Å². The minimum atomic E-state index is -0.944. The van der Waals surface area contributed by atoms with Crippen LogP contribution in [0.1, 0.15) is 41.0 Å². The van der Waals surface area contributed by atoms with E-state index in [0.29, 0.717) is 0 Å². The van der Waals surface area contributed by atoms with E-state index in [1.165, 1.54) is 0 Å². The average Bonchev–Trinajstić information content (AvgIpc) is 2.86. The van der Waals surface area contributed by atoms with Crippen LogP contribution in [-0.2, 0) is 19.9 Å². The predicted molar refractivity (Wildman–Crippen MR) is 68.5 cm³/mol. The van der Waals surface area contributed by atoms with Crippen LogP contribution in [0.15, 0.2) is 12.4 Å². The summed E-state index contributed by atoms with van der Waals surface area (Å²) in [5.74, 6) is -0.944. The Hall–Kier alpha value is -2.11. The van der Waals surface area contributed by atoms with Gasteiger partial charge in [0.15, 0.2) is 5.69 Å². The molecule has 0 aliphatic heterocycles. The van der Waals surface area contributed by atoms with Crippen LogP contribution in [0.4, 0.5) is 0 Å². The summed E-state index contributed by atoms with van der Waals surface area (Å²) in [4.78, 5) is 11.3. The smallest absolute Gasteiger partial charge is 0.356 e. The number of aromatic nitrogens is 4. The van der Waals surface area contributed by atoms with Crippen molar-refractivity contribution in [1.29, 1.82) is 0 Å². The molecule has 2 heterocycles. The molecular formula is C13H16N4O2. The van der Waals surface area contributed by atoms with Crippen molar-refractivity contribution < 1.29 is 9.90 Å². The lowest BCUT2D eigenvalue weighted by Crippen LogP contribution is -2.03. The van der Waals surface area contributed by atoms with E-state index in [1.54, 1.807) is 15.6 Å². The Morgan fingerprint density at radius 2 is 2.11 bits per heavy atom. The van der Waals surface area contributed by atoms with E-state index < -0.39 is 5.97 Å². The number of carboxylic acids is 1. The summed E-state index contributed by atoms with van der Waals surface area (Å²) in [7, 11) is 1.84. The summed E-state index contributed by atoms with van der Waals surface area (Å²) in [5.41, 5.74) is 2.95. The van der Waals surface area contributed by atoms with Crippen LogP contribution in [0.3, 0.4) is 0 Å². The van der Waals surface area contributed by atoms with Crippen molar-refractivity contribution in [3.63, 3.8) is 0 Å². The van der Waals surface area contributed by atoms with Crippen molar-refractivity contribution in [2.45, 2.75) is 32.1 Å². The van der Waals surface area contributed by atoms with E-state index in [2.05, 4.69) is 10.2 Å². The second-order valence-electron chi connectivity index (χ2n) is 4.92. The lowest BCUT2D eigenvalue weighted by Gasteiger charge is -2.04. The Morgan fingerprint density at radius 3 is 2.79 bits per heavy atom. The largest absolute Gasteiger partial charge is 0.476 e. The first-order valence-corrected chi connectivity index (χ1v) is 6.50. The highest BCUT2D eigenvalue weighted by molar-refractivity contribution is 5.87. The quantitative estimate of drug-likeness (QED) is 0.832. The van der Waals surface area contributed by atoms with Crippen LogP contribution >= 0.6 is 0 Å². The van der Waals surface area contributed by atoms with Crippen molar-refractivity contribution in [2.24, 2.45) is 7.05 Å². The Bertz CT molecular complexity index is 627. The fourth-order valence-corrected chi connectivity index (χ4v) is 2.68. The summed E-state index contributed by atoms with van der Waals surface area (Å²) < 4.78 is 3.44. The van der Waals surface area contributed by atoms with Crippen molar-refractivity contribution in [3.05, 3.63) is 29.3 Å². The predicted octanol–water partition coefficient (Wildman–Crippen LogP) is 1.57. The molecular weight excluding hydrogens is 244 g/mol. The fraction of sp³-hybridized carbons (Fsp3) is 0.462. The molecule has 6 nitrogen and oxygen atoms in total. The molecule has 0 bridgehead atoms. The number of hydrogen-bond acceptors (Lipinski definition) is 3. The summed E-state index contributed by atoms with van der Waals surface area (Å²) in [6, 6.07) is 0. The molecule has 1 aliphatic carbocycles. The van der Waals surface area contributed by atoms with E-state index in [4.69, 9.17) is 0 Å². The van der Waals surface area contributed by atoms with Gasteiger partial charge in [0.1, 0.15) is 5.69 Å². The van der Waals surface area contributed by atoms with Gasteiger partial charge in [-0.05, 0) is 25.7 Å². The molecule has 1 N–H and O–H groups in total. The lowest BCUT2D eigenvalue weighted by molar-refractivity contribution is 0.0688. The number of carboxylic acid groups (broad SMARTS) is 1. The van der Waals surface area contributed by atoms with Crippen LogP contribution < -0.4 is 0 Å². The maximum absolute atomic E-state index is 11.3. The molecule has 0 saturated carbocycles. The molecule has 1 aliphatic rings. The van der Waals surface area contributed by atoms with E-state index >= 15 is 0 Å². The SMILES string of the molecule is Cn1cc(-n2nc(C(=O)O)c3c2CCCCC3)cn1. The second kappa shape index (κ2) is 4.53. The summed E-state index contributed by atoms with van der Waals surface area (Å²) in [6.07, 6.45) is 8.50. The maximum Gasteiger partial charge on any atom is 0.356 e. The zero-order valence-electron chi connectivity index (χ0n) is 10.8. The molecule has 0 radical (unpaired) electrons. The third-order valence-corrected chi connectivity index (χ3v) is 3.57. The molecule has 2 aromatic heterocycles. The van der Waals surface area contributed by atoms with Gasteiger partial charge in [0, 0.05) is 18.3 Å². The first-order chi connectivity index (χ1) is 9.16. The lowest BCUT2D eigenvalue weighted by atomic mass is 10.1. The summed E-state index contributed by atoms with van der Waals surface area (Å²) in [5, 5.41) is 17.7. The Kier molecular flexibility index (Phi) is 2.85. The third kappa shape index (κ3) is 2.03. The standard InChI is InChI=1S/C13H16N4O2/c1-16-8-9(7-14-16)17-11-6-4-2-3-5-10(11)12(15-17)13(18)19/h7-8H,2-6H2,1H3,(H,18,19). The van der Waals surface area contributed by atoms with Gasteiger partial charge >= 0.3 is 5.97 Å². The van der Waals surface area contributed by atoms with Crippen LogP contribution in [0, 0.1) is 0 Å². The van der Waals surface area contributed by atoms with Crippen molar-refractivity contribution >= 4 is 5.97 Å². The van der Waals surface area contributed by atoms with Gasteiger partial charge in [-0.3, -0.25) is 4.68 Å². The minimum absolute atomic E-state index is 0.195. The highest BCUT2D eigenvalue weighted by Crippen LogP contribution is 2.26. The summed E-state index contributed by atoms with van der Waals surface area (Å²) >= 11 is 0. The van der Waals surface area contributed by atoms with Crippen LogP contribution in [0.5, 0.6) is 0 Å². The minimum Gasteiger partial charge on any atom is -0.476 e. The maximum atomic E-state index is 11.3. The highest BCUT2D eigenvalue weighted by Gasteiger charge is 2.24. The van der Waals surface area contributed by atoms with Gasteiger partial charge in [0.25, 0.3) is 0 Å². The number of carbonyl (C=O) groups is 1. The molecule has 6 heteroatoms. The van der Waals surface area contributed by atoms with E-state index in [0.717, 1.165) is 49.0 Å². The van der Waals surface area contributed by atoms with Crippen LogP contribution in [0.2, 0.25) is 0 Å². The second-order valence-corrected chi connectivity index (χ2v) is 4.92. The fourth-order valence-electron chi connectivity index (χ4n) is 2.68. The molecule has 0 saturated heterocycles. The first kappa shape index (κ1) is 12.0. The monoisotopic (exact) mass is 260 g/mol. The Labute approximate surface area is 110 Å². The average molecular weight is 260 g/mol. The van der Waals surface area contributed by atoms with Gasteiger partial charge in [0.2, 0.25) is 0 Å². The molecule has 0 spiro atoms. The number of fused-ring (bicyclic) bond motifs is 1. The van der Waals surface area contributed by atoms with Crippen LogP contribution in [-0.4, -0.2) is 30.6 Å². The van der Waals surface area contributed by atoms with E-state index in [1.807, 2.05) is 13.2 Å². The van der Waals surface area contributed by atoms with Gasteiger partial charge in [-0.1, -0.05) is 6.42 Å². The molecule has 0 amide bonds.